The normalized spacial score (nSPS) is 26.0. The monoisotopic (exact) mass is 327 g/mol. The van der Waals surface area contributed by atoms with E-state index in [0.29, 0.717) is 23.9 Å². The van der Waals surface area contributed by atoms with E-state index in [4.69, 9.17) is 4.74 Å². The van der Waals surface area contributed by atoms with Crippen molar-refractivity contribution in [1.29, 1.82) is 0 Å². The van der Waals surface area contributed by atoms with Crippen LogP contribution in [0.4, 0.5) is 0 Å². The summed E-state index contributed by atoms with van der Waals surface area (Å²) in [4.78, 5) is 0.550. The van der Waals surface area contributed by atoms with Crippen LogP contribution >= 0.6 is 15.9 Å². The van der Waals surface area contributed by atoms with E-state index in [1.54, 1.807) is 0 Å². The second-order valence-electron chi connectivity index (χ2n) is 4.49. The highest BCUT2D eigenvalue weighted by atomic mass is 79.9. The van der Waals surface area contributed by atoms with Crippen LogP contribution in [0.5, 0.6) is 0 Å². The molecule has 0 aliphatic heterocycles. The third kappa shape index (κ3) is 6.74. The highest BCUT2D eigenvalue weighted by Crippen LogP contribution is 2.28. The zero-order valence-corrected chi connectivity index (χ0v) is 12.7. The first-order chi connectivity index (χ1) is 8.03. The number of rotatable bonds is 7. The minimum Gasteiger partial charge on any atom is -0.381 e. The fourth-order valence-corrected chi connectivity index (χ4v) is 3.86. The molecule has 0 saturated heterocycles. The summed E-state index contributed by atoms with van der Waals surface area (Å²) in [6, 6.07) is 0. The van der Waals surface area contributed by atoms with Crippen LogP contribution in [-0.4, -0.2) is 38.8 Å². The molecule has 0 aromatic carbocycles. The fraction of sp³-hybridized carbons (Fsp3) is 1.00. The highest BCUT2D eigenvalue weighted by molar-refractivity contribution is 9.09. The maximum absolute atomic E-state index is 11.6. The van der Waals surface area contributed by atoms with Gasteiger partial charge in [0.2, 0.25) is 10.0 Å². The van der Waals surface area contributed by atoms with E-state index in [1.807, 2.05) is 6.92 Å². The van der Waals surface area contributed by atoms with Gasteiger partial charge in [0.05, 0.1) is 12.4 Å². The minimum atomic E-state index is -3.16. The zero-order chi connectivity index (χ0) is 12.7. The zero-order valence-electron chi connectivity index (χ0n) is 10.3. The largest absolute Gasteiger partial charge is 0.381 e. The number of sulfonamides is 1. The molecule has 0 heterocycles. The van der Waals surface area contributed by atoms with E-state index in [0.717, 1.165) is 12.8 Å². The lowest BCUT2D eigenvalue weighted by molar-refractivity contribution is 0.163. The molecule has 1 fully saturated rings. The molecule has 102 valence electrons. The van der Waals surface area contributed by atoms with E-state index in [-0.39, 0.29) is 12.4 Å². The molecule has 6 heteroatoms. The second kappa shape index (κ2) is 7.71. The summed E-state index contributed by atoms with van der Waals surface area (Å²) in [7, 11) is -3.16. The molecule has 17 heavy (non-hydrogen) atoms. The van der Waals surface area contributed by atoms with Crippen molar-refractivity contribution in [2.24, 2.45) is 5.92 Å². The third-order valence-corrected chi connectivity index (χ3v) is 5.15. The molecular formula is C11H22BrNO3S. The molecule has 1 aliphatic rings. The Morgan fingerprint density at radius 1 is 1.41 bits per heavy atom. The first-order valence-corrected chi connectivity index (χ1v) is 8.79. The quantitative estimate of drug-likeness (QED) is 0.574. The van der Waals surface area contributed by atoms with Gasteiger partial charge in [-0.05, 0) is 32.1 Å². The van der Waals surface area contributed by atoms with Gasteiger partial charge in [-0.15, -0.1) is 0 Å². The first-order valence-electron chi connectivity index (χ1n) is 6.22. The van der Waals surface area contributed by atoms with Gasteiger partial charge in [0.15, 0.2) is 0 Å². The summed E-state index contributed by atoms with van der Waals surface area (Å²) < 4.78 is 31.0. The molecule has 0 aromatic heterocycles. The van der Waals surface area contributed by atoms with Crippen molar-refractivity contribution < 1.29 is 13.2 Å². The third-order valence-electron chi connectivity index (χ3n) is 3.01. The lowest BCUT2D eigenvalue weighted by Crippen LogP contribution is -2.34. The van der Waals surface area contributed by atoms with E-state index < -0.39 is 10.0 Å². The Balaban J connectivity index is 2.23. The van der Waals surface area contributed by atoms with Crippen molar-refractivity contribution in [3.05, 3.63) is 0 Å². The maximum atomic E-state index is 11.6. The molecule has 1 N–H and O–H groups in total. The first kappa shape index (κ1) is 15.4. The van der Waals surface area contributed by atoms with Crippen LogP contribution < -0.4 is 4.72 Å². The van der Waals surface area contributed by atoms with Crippen molar-refractivity contribution in [1.82, 2.24) is 4.72 Å². The van der Waals surface area contributed by atoms with Gasteiger partial charge in [0.1, 0.15) is 0 Å². The molecule has 2 unspecified atom stereocenters. The number of ether oxygens (including phenoxy) is 1. The number of hydrogen-bond donors (Lipinski definition) is 1. The van der Waals surface area contributed by atoms with Crippen LogP contribution in [0.15, 0.2) is 0 Å². The summed E-state index contributed by atoms with van der Waals surface area (Å²) in [6.07, 6.45) is 4.57. The molecule has 1 saturated carbocycles. The lowest BCUT2D eigenvalue weighted by atomic mass is 9.89. The second-order valence-corrected chi connectivity index (χ2v) is 7.72. The minimum absolute atomic E-state index is 0.0608. The van der Waals surface area contributed by atoms with Crippen LogP contribution in [0.3, 0.4) is 0 Å². The molecule has 0 aromatic rings. The maximum Gasteiger partial charge on any atom is 0.213 e. The SMILES string of the molecule is CCOCCS(=O)(=O)NCC1CCCC(Br)C1. The Kier molecular flexibility index (Phi) is 6.99. The average molecular weight is 328 g/mol. The van der Waals surface area contributed by atoms with E-state index in [9.17, 15) is 8.42 Å². The highest BCUT2D eigenvalue weighted by Gasteiger charge is 2.21. The molecule has 0 bridgehead atoms. The van der Waals surface area contributed by atoms with Crippen molar-refractivity contribution in [3.8, 4) is 0 Å². The molecule has 2 atom stereocenters. The van der Waals surface area contributed by atoms with Gasteiger partial charge >= 0.3 is 0 Å². The predicted octanol–water partition coefficient (Wildman–Crippen LogP) is 1.90. The van der Waals surface area contributed by atoms with Crippen LogP contribution in [0.1, 0.15) is 32.6 Å². The molecule has 1 aliphatic carbocycles. The summed E-state index contributed by atoms with van der Waals surface area (Å²) >= 11 is 3.60. The predicted molar refractivity (Wildman–Crippen MR) is 73.0 cm³/mol. The van der Waals surface area contributed by atoms with Gasteiger partial charge < -0.3 is 4.74 Å². The molecule has 0 spiro atoms. The van der Waals surface area contributed by atoms with Crippen LogP contribution in [-0.2, 0) is 14.8 Å². The summed E-state index contributed by atoms with van der Waals surface area (Å²) in [5.41, 5.74) is 0. The average Bonchev–Trinajstić information content (AvgIpc) is 2.27. The smallest absolute Gasteiger partial charge is 0.213 e. The van der Waals surface area contributed by atoms with Gasteiger partial charge in [0, 0.05) is 18.0 Å². The molecule has 0 radical (unpaired) electrons. The van der Waals surface area contributed by atoms with Crippen molar-refractivity contribution in [2.45, 2.75) is 37.4 Å². The van der Waals surface area contributed by atoms with Gasteiger partial charge in [-0.1, -0.05) is 22.4 Å². The molecular weight excluding hydrogens is 306 g/mol. The number of halogens is 1. The topological polar surface area (TPSA) is 55.4 Å². The van der Waals surface area contributed by atoms with Gasteiger partial charge in [0.25, 0.3) is 0 Å². The standard InChI is InChI=1S/C11H22BrNO3S/c1-2-16-6-7-17(14,15)13-9-10-4-3-5-11(12)8-10/h10-11,13H,2-9H2,1H3. The fourth-order valence-electron chi connectivity index (χ4n) is 2.04. The van der Waals surface area contributed by atoms with Crippen molar-refractivity contribution in [3.63, 3.8) is 0 Å². The number of alkyl halides is 1. The Bertz CT molecular complexity index is 308. The van der Waals surface area contributed by atoms with Crippen molar-refractivity contribution in [2.75, 3.05) is 25.5 Å². The van der Waals surface area contributed by atoms with Crippen LogP contribution in [0, 0.1) is 5.92 Å². The van der Waals surface area contributed by atoms with E-state index >= 15 is 0 Å². The van der Waals surface area contributed by atoms with Gasteiger partial charge in [-0.3, -0.25) is 0 Å². The molecule has 1 rings (SSSR count). The van der Waals surface area contributed by atoms with Crippen molar-refractivity contribution >= 4 is 26.0 Å². The summed E-state index contributed by atoms with van der Waals surface area (Å²) in [5, 5.41) is 0. The van der Waals surface area contributed by atoms with Crippen LogP contribution in [0.2, 0.25) is 0 Å². The summed E-state index contributed by atoms with van der Waals surface area (Å²) in [6.45, 7) is 3.26. The van der Waals surface area contributed by atoms with E-state index in [1.165, 1.54) is 12.8 Å². The van der Waals surface area contributed by atoms with Crippen LogP contribution in [0.25, 0.3) is 0 Å². The van der Waals surface area contributed by atoms with E-state index in [2.05, 4.69) is 20.7 Å². The van der Waals surface area contributed by atoms with Gasteiger partial charge in [-0.2, -0.15) is 0 Å². The number of nitrogens with one attached hydrogen (secondary N) is 1. The summed E-state index contributed by atoms with van der Waals surface area (Å²) in [5.74, 6) is 0.528. The molecule has 4 nitrogen and oxygen atoms in total. The van der Waals surface area contributed by atoms with Gasteiger partial charge in [-0.25, -0.2) is 13.1 Å². The Morgan fingerprint density at radius 2 is 2.18 bits per heavy atom. The lowest BCUT2D eigenvalue weighted by Gasteiger charge is -2.25. The number of hydrogen-bond acceptors (Lipinski definition) is 3. The Morgan fingerprint density at radius 3 is 2.82 bits per heavy atom. The Labute approximate surface area is 113 Å². The molecule has 0 amide bonds. The Hall–Kier alpha value is 0.350.